The number of nitrogens with one attached hydrogen (secondary N) is 1. The van der Waals surface area contributed by atoms with Crippen LogP contribution in [-0.2, 0) is 0 Å². The van der Waals surface area contributed by atoms with Crippen molar-refractivity contribution in [2.45, 2.75) is 0 Å². The summed E-state index contributed by atoms with van der Waals surface area (Å²) >= 11 is 0. The van der Waals surface area contributed by atoms with Crippen LogP contribution in [0.4, 0.5) is 0 Å². The molecule has 0 heterocycles. The van der Waals surface area contributed by atoms with Crippen molar-refractivity contribution >= 4 is 0 Å². The first-order chi connectivity index (χ1) is 4.22. The average Bonchev–Trinajstić information content (AvgIpc) is 1.82. The quantitative estimate of drug-likeness (QED) is 0.474. The van der Waals surface area contributed by atoms with Crippen molar-refractivity contribution in [2.75, 3.05) is 34.2 Å². The van der Waals surface area contributed by atoms with E-state index in [0.717, 1.165) is 6.54 Å². The summed E-state index contributed by atoms with van der Waals surface area (Å²) in [6.07, 6.45) is 0. The Hall–Kier alpha value is -0.160. The Labute approximate surface area is 56.5 Å². The highest BCUT2D eigenvalue weighted by Crippen LogP contribution is 1.80. The van der Waals surface area contributed by atoms with Crippen molar-refractivity contribution in [1.29, 1.82) is 0 Å². The molecule has 4 nitrogen and oxygen atoms in total. The Morgan fingerprint density at radius 2 is 2.00 bits per heavy atom. The average molecular weight is 132 g/mol. The van der Waals surface area contributed by atoms with Crippen molar-refractivity contribution in [3.63, 3.8) is 0 Å². The molecule has 0 amide bonds. The Bertz CT molecular complexity index is 64.0. The maximum atomic E-state index is 5.33. The first-order valence-corrected chi connectivity index (χ1v) is 3.04. The summed E-state index contributed by atoms with van der Waals surface area (Å²) in [6.45, 7) is 1.50. The fourth-order valence-electron chi connectivity index (χ4n) is 0.634. The monoisotopic (exact) mass is 132 g/mol. The van der Waals surface area contributed by atoms with Crippen LogP contribution in [0.15, 0.2) is 0 Å². The van der Waals surface area contributed by atoms with Crippen LogP contribution < -0.4 is 11.2 Å². The predicted molar refractivity (Wildman–Crippen MR) is 38.5 cm³/mol. The molecule has 0 unspecified atom stereocenters. The second kappa shape index (κ2) is 4.69. The topological polar surface area (TPSA) is 44.5 Å². The largest absolute Gasteiger partial charge is 0.329 e. The first-order valence-electron chi connectivity index (χ1n) is 3.04. The Morgan fingerprint density at radius 3 is 2.11 bits per heavy atom. The summed E-state index contributed by atoms with van der Waals surface area (Å²) in [7, 11) is 5.80. The third-order valence-corrected chi connectivity index (χ3v) is 1.08. The van der Waals surface area contributed by atoms with Gasteiger partial charge in [-0.15, -0.1) is 0 Å². The van der Waals surface area contributed by atoms with Gasteiger partial charge in [0.15, 0.2) is 0 Å². The van der Waals surface area contributed by atoms with E-state index in [2.05, 4.69) is 5.43 Å². The van der Waals surface area contributed by atoms with Crippen LogP contribution in [0.2, 0.25) is 0 Å². The van der Waals surface area contributed by atoms with Gasteiger partial charge in [-0.1, -0.05) is 0 Å². The molecule has 0 aliphatic rings. The molecule has 0 aromatic heterocycles. The first kappa shape index (κ1) is 8.84. The summed E-state index contributed by atoms with van der Waals surface area (Å²) < 4.78 is 0. The van der Waals surface area contributed by atoms with E-state index < -0.39 is 0 Å². The summed E-state index contributed by atoms with van der Waals surface area (Å²) in [6, 6.07) is 0. The minimum Gasteiger partial charge on any atom is -0.329 e. The van der Waals surface area contributed by atoms with Gasteiger partial charge in [0.05, 0.1) is 0 Å². The van der Waals surface area contributed by atoms with E-state index in [-0.39, 0.29) is 0 Å². The molecule has 0 radical (unpaired) electrons. The molecule has 56 valence electrons. The van der Waals surface area contributed by atoms with E-state index in [1.165, 1.54) is 0 Å². The van der Waals surface area contributed by atoms with Crippen molar-refractivity contribution < 1.29 is 0 Å². The van der Waals surface area contributed by atoms with Crippen molar-refractivity contribution in [2.24, 2.45) is 5.73 Å². The predicted octanol–water partition coefficient (Wildman–Crippen LogP) is -1.14. The van der Waals surface area contributed by atoms with E-state index >= 15 is 0 Å². The third-order valence-electron chi connectivity index (χ3n) is 1.08. The van der Waals surface area contributed by atoms with Crippen molar-refractivity contribution in [3.8, 4) is 0 Å². The Kier molecular flexibility index (Phi) is 4.61. The van der Waals surface area contributed by atoms with Crippen LogP contribution in [0, 0.1) is 0 Å². The van der Waals surface area contributed by atoms with Crippen LogP contribution in [0.3, 0.4) is 0 Å². The zero-order valence-corrected chi connectivity index (χ0v) is 6.39. The minimum atomic E-state index is 0.666. The lowest BCUT2D eigenvalue weighted by Gasteiger charge is -2.26. The third kappa shape index (κ3) is 3.42. The zero-order chi connectivity index (χ0) is 7.28. The molecule has 4 heteroatoms. The zero-order valence-electron chi connectivity index (χ0n) is 6.39. The van der Waals surface area contributed by atoms with E-state index in [1.807, 2.05) is 31.3 Å². The molecule has 3 N–H and O–H groups in total. The normalized spacial score (nSPS) is 11.3. The second-order valence-corrected chi connectivity index (χ2v) is 1.98. The van der Waals surface area contributed by atoms with Gasteiger partial charge in [-0.3, -0.25) is 0 Å². The number of hydrogen-bond acceptors (Lipinski definition) is 4. The molecule has 0 fully saturated rings. The molecular formula is C5H16N4. The van der Waals surface area contributed by atoms with Gasteiger partial charge in [0.25, 0.3) is 0 Å². The highest BCUT2D eigenvalue weighted by molar-refractivity contribution is 4.41. The van der Waals surface area contributed by atoms with Crippen LogP contribution >= 0.6 is 0 Å². The van der Waals surface area contributed by atoms with Gasteiger partial charge in [0, 0.05) is 34.2 Å². The minimum absolute atomic E-state index is 0.666. The number of nitrogens with two attached hydrogens (primary N) is 1. The Morgan fingerprint density at radius 1 is 1.44 bits per heavy atom. The highest BCUT2D eigenvalue weighted by Gasteiger charge is 1.99. The van der Waals surface area contributed by atoms with Gasteiger partial charge in [-0.2, -0.15) is 5.12 Å². The summed E-state index contributed by atoms with van der Waals surface area (Å²) in [4.78, 5) is 0. The lowest BCUT2D eigenvalue weighted by atomic mass is 10.7. The fraction of sp³-hybridized carbons (Fsp3) is 1.00. The number of rotatable bonds is 4. The maximum absolute atomic E-state index is 5.33. The molecule has 0 rings (SSSR count). The van der Waals surface area contributed by atoms with Gasteiger partial charge in [-0.05, 0) is 0 Å². The Balaban J connectivity index is 3.41. The van der Waals surface area contributed by atoms with Gasteiger partial charge in [0.1, 0.15) is 0 Å². The van der Waals surface area contributed by atoms with Gasteiger partial charge in [0.2, 0.25) is 0 Å². The fourth-order valence-corrected chi connectivity index (χ4v) is 0.634. The van der Waals surface area contributed by atoms with Gasteiger partial charge < -0.3 is 5.73 Å². The molecule has 9 heavy (non-hydrogen) atoms. The van der Waals surface area contributed by atoms with Crippen molar-refractivity contribution in [1.82, 2.24) is 15.6 Å². The van der Waals surface area contributed by atoms with E-state index in [9.17, 15) is 0 Å². The molecule has 0 aliphatic carbocycles. The highest BCUT2D eigenvalue weighted by atomic mass is 15.8. The number of hydrazine groups is 2. The van der Waals surface area contributed by atoms with Crippen LogP contribution in [0.5, 0.6) is 0 Å². The molecule has 0 aromatic carbocycles. The second-order valence-electron chi connectivity index (χ2n) is 1.98. The standard InChI is InChI=1S/C5H16N4/c1-7-9(5-4-6)8(2)3/h7H,4-6H2,1-3H3. The van der Waals surface area contributed by atoms with E-state index in [4.69, 9.17) is 5.73 Å². The van der Waals surface area contributed by atoms with Gasteiger partial charge >= 0.3 is 0 Å². The summed E-state index contributed by atoms with van der Waals surface area (Å²) in [5.41, 5.74) is 8.32. The molecule has 0 bridgehead atoms. The van der Waals surface area contributed by atoms with Crippen LogP contribution in [0.25, 0.3) is 0 Å². The molecule has 0 spiro atoms. The molecule has 0 aliphatic heterocycles. The molecule has 0 saturated heterocycles. The van der Waals surface area contributed by atoms with Crippen LogP contribution in [0.1, 0.15) is 0 Å². The summed E-state index contributed by atoms with van der Waals surface area (Å²) in [5, 5.41) is 3.88. The maximum Gasteiger partial charge on any atom is 0.0413 e. The molecule has 0 aromatic rings. The smallest absolute Gasteiger partial charge is 0.0413 e. The molecule has 0 atom stereocenters. The number of hydrogen-bond donors (Lipinski definition) is 2. The molecular weight excluding hydrogens is 116 g/mol. The SMILES string of the molecule is CNN(CCN)N(C)C. The number of nitrogens with zero attached hydrogens (tertiary/aromatic N) is 2. The lowest BCUT2D eigenvalue weighted by Crippen LogP contribution is -2.47. The van der Waals surface area contributed by atoms with Crippen molar-refractivity contribution in [3.05, 3.63) is 0 Å². The van der Waals surface area contributed by atoms with Gasteiger partial charge in [-0.25, -0.2) is 10.4 Å². The summed E-state index contributed by atoms with van der Waals surface area (Å²) in [5.74, 6) is 0. The van der Waals surface area contributed by atoms with Crippen LogP contribution in [-0.4, -0.2) is 44.4 Å². The lowest BCUT2D eigenvalue weighted by molar-refractivity contribution is -0.0158. The van der Waals surface area contributed by atoms with E-state index in [0.29, 0.717) is 6.54 Å². The van der Waals surface area contributed by atoms with E-state index in [1.54, 1.807) is 0 Å². The molecule has 0 saturated carbocycles.